The molecule has 4 N–H and O–H groups in total. The van der Waals surface area contributed by atoms with Gasteiger partial charge in [0.05, 0.1) is 0 Å². The van der Waals surface area contributed by atoms with Crippen LogP contribution >= 0.6 is 0 Å². The highest BCUT2D eigenvalue weighted by Crippen LogP contribution is 2.31. The second-order valence-electron chi connectivity index (χ2n) is 5.85. The molecule has 3 atom stereocenters. The van der Waals surface area contributed by atoms with E-state index >= 15 is 0 Å². The van der Waals surface area contributed by atoms with Crippen molar-refractivity contribution in [2.45, 2.75) is 53.0 Å². The average Bonchev–Trinajstić information content (AvgIpc) is 2.37. The summed E-state index contributed by atoms with van der Waals surface area (Å²) in [5.74, 6) is 9.43. The lowest BCUT2D eigenvalue weighted by Crippen LogP contribution is -2.31. The van der Waals surface area contributed by atoms with Gasteiger partial charge in [0.2, 0.25) is 0 Å². The Morgan fingerprint density at radius 3 is 2.37 bits per heavy atom. The monoisotopic (exact) mass is 263 g/mol. The molecule has 0 saturated heterocycles. The van der Waals surface area contributed by atoms with E-state index in [9.17, 15) is 0 Å². The summed E-state index contributed by atoms with van der Waals surface area (Å²) < 4.78 is 0. The first kappa shape index (κ1) is 14.1. The van der Waals surface area contributed by atoms with Gasteiger partial charge in [0, 0.05) is 11.6 Å². The van der Waals surface area contributed by atoms with Gasteiger partial charge in [-0.3, -0.25) is 0 Å². The molecule has 1 heterocycles. The Kier molecular flexibility index (Phi) is 4.24. The molecule has 1 aromatic rings. The van der Waals surface area contributed by atoms with E-state index in [1.54, 1.807) is 0 Å². The molecule has 0 amide bonds. The number of aromatic nitrogens is 2. The van der Waals surface area contributed by atoms with Crippen molar-refractivity contribution in [1.29, 1.82) is 0 Å². The van der Waals surface area contributed by atoms with E-state index in [1.807, 2.05) is 13.8 Å². The van der Waals surface area contributed by atoms with Crippen LogP contribution in [0.25, 0.3) is 0 Å². The molecule has 1 aliphatic carbocycles. The van der Waals surface area contributed by atoms with Crippen LogP contribution in [0.4, 0.5) is 11.6 Å². The highest BCUT2D eigenvalue weighted by atomic mass is 15.3. The Balaban J connectivity index is 2.13. The molecular weight excluding hydrogens is 238 g/mol. The third-order valence-corrected chi connectivity index (χ3v) is 4.33. The summed E-state index contributed by atoms with van der Waals surface area (Å²) in [7, 11) is 0. The summed E-state index contributed by atoms with van der Waals surface area (Å²) in [6.07, 6.45) is 3.69. The molecule has 1 aromatic heterocycles. The lowest BCUT2D eigenvalue weighted by Gasteiger charge is -2.33. The Morgan fingerprint density at radius 2 is 1.74 bits per heavy atom. The first-order valence-corrected chi connectivity index (χ1v) is 7.09. The van der Waals surface area contributed by atoms with Crippen molar-refractivity contribution in [2.24, 2.45) is 17.7 Å². The van der Waals surface area contributed by atoms with E-state index in [2.05, 4.69) is 34.6 Å². The fourth-order valence-corrected chi connectivity index (χ4v) is 2.78. The fourth-order valence-electron chi connectivity index (χ4n) is 2.78. The Hall–Kier alpha value is -1.36. The zero-order valence-corrected chi connectivity index (χ0v) is 12.3. The van der Waals surface area contributed by atoms with Crippen molar-refractivity contribution >= 4 is 11.6 Å². The molecule has 0 radical (unpaired) electrons. The molecule has 0 bridgehead atoms. The van der Waals surface area contributed by atoms with Crippen molar-refractivity contribution in [2.75, 3.05) is 10.7 Å². The highest BCUT2D eigenvalue weighted by Gasteiger charge is 2.25. The van der Waals surface area contributed by atoms with Gasteiger partial charge in [0.1, 0.15) is 17.5 Å². The number of nitrogen functional groups attached to an aromatic ring is 1. The summed E-state index contributed by atoms with van der Waals surface area (Å²) in [6.45, 7) is 8.56. The third-order valence-electron chi connectivity index (χ3n) is 4.33. The van der Waals surface area contributed by atoms with Crippen LogP contribution in [0.2, 0.25) is 0 Å². The van der Waals surface area contributed by atoms with Crippen LogP contribution in [0, 0.1) is 25.7 Å². The quantitative estimate of drug-likeness (QED) is 0.577. The maximum Gasteiger partial charge on any atom is 0.148 e. The van der Waals surface area contributed by atoms with Gasteiger partial charge >= 0.3 is 0 Å². The predicted molar refractivity (Wildman–Crippen MR) is 78.9 cm³/mol. The Bertz CT molecular complexity index is 446. The van der Waals surface area contributed by atoms with Gasteiger partial charge in [0.15, 0.2) is 0 Å². The van der Waals surface area contributed by atoms with E-state index in [4.69, 9.17) is 5.84 Å². The molecule has 1 saturated carbocycles. The number of anilines is 2. The minimum absolute atomic E-state index is 0.504. The maximum atomic E-state index is 5.49. The van der Waals surface area contributed by atoms with E-state index < -0.39 is 0 Å². The maximum absolute atomic E-state index is 5.49. The Morgan fingerprint density at radius 1 is 1.05 bits per heavy atom. The highest BCUT2D eigenvalue weighted by molar-refractivity contribution is 5.57. The van der Waals surface area contributed by atoms with Crippen molar-refractivity contribution in [3.63, 3.8) is 0 Å². The summed E-state index contributed by atoms with van der Waals surface area (Å²) in [6, 6.07) is 0.504. The van der Waals surface area contributed by atoms with Gasteiger partial charge in [-0.15, -0.1) is 0 Å². The number of hydrazine groups is 1. The number of nitrogens with two attached hydrogens (primary N) is 1. The van der Waals surface area contributed by atoms with Gasteiger partial charge in [0.25, 0.3) is 0 Å². The van der Waals surface area contributed by atoms with Crippen molar-refractivity contribution in [1.82, 2.24) is 9.97 Å². The van der Waals surface area contributed by atoms with E-state index in [0.717, 1.165) is 29.0 Å². The van der Waals surface area contributed by atoms with Crippen LogP contribution in [0.3, 0.4) is 0 Å². The number of rotatable bonds is 3. The summed E-state index contributed by atoms with van der Waals surface area (Å²) in [5.41, 5.74) is 3.62. The lowest BCUT2D eigenvalue weighted by atomic mass is 9.79. The van der Waals surface area contributed by atoms with Crippen LogP contribution in [-0.4, -0.2) is 16.0 Å². The topological polar surface area (TPSA) is 75.9 Å². The van der Waals surface area contributed by atoms with Gasteiger partial charge < -0.3 is 10.7 Å². The normalized spacial score (nSPS) is 27.1. The van der Waals surface area contributed by atoms with Crippen LogP contribution in [0.5, 0.6) is 0 Å². The fraction of sp³-hybridized carbons (Fsp3) is 0.714. The smallest absolute Gasteiger partial charge is 0.148 e. The summed E-state index contributed by atoms with van der Waals surface area (Å²) in [4.78, 5) is 8.79. The SMILES string of the molecule is Cc1nc(NN)c(C)c(NC2CCC(C)C(C)C2)n1. The van der Waals surface area contributed by atoms with Crippen LogP contribution in [-0.2, 0) is 0 Å². The van der Waals surface area contributed by atoms with Crippen molar-refractivity contribution in [3.05, 3.63) is 11.4 Å². The molecule has 0 aliphatic heterocycles. The summed E-state index contributed by atoms with van der Waals surface area (Å²) in [5, 5.41) is 3.57. The molecule has 0 aromatic carbocycles. The first-order chi connectivity index (χ1) is 9.01. The van der Waals surface area contributed by atoms with E-state index in [0.29, 0.717) is 11.9 Å². The second-order valence-corrected chi connectivity index (χ2v) is 5.85. The molecule has 106 valence electrons. The Labute approximate surface area is 115 Å². The van der Waals surface area contributed by atoms with Crippen LogP contribution in [0.15, 0.2) is 0 Å². The standard InChI is InChI=1S/C14H25N5/c1-8-5-6-12(7-9(8)2)18-13-10(3)14(19-15)17-11(4)16-13/h8-9,12H,5-7,15H2,1-4H3,(H2,16,17,18,19). The molecule has 5 nitrogen and oxygen atoms in total. The number of nitrogens with one attached hydrogen (secondary N) is 2. The number of aryl methyl sites for hydroxylation is 1. The second kappa shape index (κ2) is 5.74. The van der Waals surface area contributed by atoms with Crippen LogP contribution in [0.1, 0.15) is 44.5 Å². The molecule has 3 unspecified atom stereocenters. The number of hydrogen-bond donors (Lipinski definition) is 3. The molecular formula is C14H25N5. The molecule has 2 rings (SSSR count). The zero-order valence-electron chi connectivity index (χ0n) is 12.3. The number of nitrogens with zero attached hydrogens (tertiary/aromatic N) is 2. The molecule has 0 spiro atoms. The van der Waals surface area contributed by atoms with Crippen molar-refractivity contribution in [3.8, 4) is 0 Å². The predicted octanol–water partition coefficient (Wildman–Crippen LogP) is 2.62. The number of hydrogen-bond acceptors (Lipinski definition) is 5. The molecule has 1 aliphatic rings. The third kappa shape index (κ3) is 3.15. The first-order valence-electron chi connectivity index (χ1n) is 7.09. The van der Waals surface area contributed by atoms with Gasteiger partial charge in [-0.2, -0.15) is 0 Å². The van der Waals surface area contributed by atoms with Gasteiger partial charge in [-0.1, -0.05) is 13.8 Å². The largest absolute Gasteiger partial charge is 0.367 e. The molecule has 5 heteroatoms. The van der Waals surface area contributed by atoms with Gasteiger partial charge in [-0.05, 0) is 44.9 Å². The minimum Gasteiger partial charge on any atom is -0.367 e. The van der Waals surface area contributed by atoms with Gasteiger partial charge in [-0.25, -0.2) is 15.8 Å². The van der Waals surface area contributed by atoms with E-state index in [-0.39, 0.29) is 0 Å². The molecule has 19 heavy (non-hydrogen) atoms. The molecule has 1 fully saturated rings. The van der Waals surface area contributed by atoms with E-state index in [1.165, 1.54) is 19.3 Å². The summed E-state index contributed by atoms with van der Waals surface area (Å²) >= 11 is 0. The zero-order chi connectivity index (χ0) is 14.0. The average molecular weight is 263 g/mol. The van der Waals surface area contributed by atoms with Crippen LogP contribution < -0.4 is 16.6 Å². The minimum atomic E-state index is 0.504. The van der Waals surface area contributed by atoms with Crippen molar-refractivity contribution < 1.29 is 0 Å². The lowest BCUT2D eigenvalue weighted by molar-refractivity contribution is 0.260.